The number of hydrogen-bond acceptors (Lipinski definition) is 11. The van der Waals surface area contributed by atoms with Gasteiger partial charge in [-0.25, -0.2) is 28.4 Å². The summed E-state index contributed by atoms with van der Waals surface area (Å²) < 4.78 is 44.1. The number of H-pyrrole nitrogens is 2. The Kier molecular flexibility index (Phi) is 12.1. The van der Waals surface area contributed by atoms with Crippen LogP contribution < -0.4 is 18.9 Å². The molecular weight excluding hydrogens is 789 g/mol. The minimum Gasteiger partial charge on any atom is -0.493 e. The number of ether oxygens (including phenoxy) is 3. The number of halogens is 2. The highest BCUT2D eigenvalue weighted by molar-refractivity contribution is 7.92. The molecule has 0 unspecified atom stereocenters. The number of methoxy groups -OCH3 is 2. The van der Waals surface area contributed by atoms with Gasteiger partial charge in [0.25, 0.3) is 10.0 Å². The highest BCUT2D eigenvalue weighted by Gasteiger charge is 2.17. The molecule has 1 fully saturated rings. The number of pyridine rings is 2. The van der Waals surface area contributed by atoms with Crippen molar-refractivity contribution in [3.05, 3.63) is 101 Å². The van der Waals surface area contributed by atoms with Gasteiger partial charge in [0.05, 0.1) is 43.1 Å². The van der Waals surface area contributed by atoms with Gasteiger partial charge in [-0.3, -0.25) is 9.62 Å². The van der Waals surface area contributed by atoms with Crippen LogP contribution in [0.15, 0.2) is 90.1 Å². The lowest BCUT2D eigenvalue weighted by Crippen LogP contribution is -2.33. The Hall–Kier alpha value is -5.92. The van der Waals surface area contributed by atoms with Crippen LogP contribution in [0, 0.1) is 11.3 Å². The third kappa shape index (κ3) is 9.05. The molecule has 292 valence electrons. The molecule has 1 saturated heterocycles. The van der Waals surface area contributed by atoms with Crippen LogP contribution in [0.1, 0.15) is 24.8 Å². The Balaban J connectivity index is 0.000000175. The first-order chi connectivity index (χ1) is 27.6. The van der Waals surface area contributed by atoms with E-state index in [1.54, 1.807) is 37.6 Å². The van der Waals surface area contributed by atoms with E-state index >= 15 is 0 Å². The summed E-state index contributed by atoms with van der Waals surface area (Å²) in [4.78, 5) is 26.3. The largest absolute Gasteiger partial charge is 0.493 e. The molecule has 8 rings (SSSR count). The van der Waals surface area contributed by atoms with Gasteiger partial charge in [0, 0.05) is 23.4 Å². The fourth-order valence-corrected chi connectivity index (χ4v) is 7.80. The van der Waals surface area contributed by atoms with Crippen molar-refractivity contribution in [2.75, 3.05) is 45.2 Å². The van der Waals surface area contributed by atoms with Crippen molar-refractivity contribution < 1.29 is 22.6 Å². The number of likely N-dealkylation sites (tertiary alicyclic amines) is 1. The number of imidazole rings is 2. The number of rotatable bonds is 11. The molecule has 0 radical (unpaired) electrons. The van der Waals surface area contributed by atoms with Crippen molar-refractivity contribution in [2.45, 2.75) is 24.2 Å². The zero-order valence-electron chi connectivity index (χ0n) is 30.9. The fourth-order valence-electron chi connectivity index (χ4n) is 6.30. The molecule has 0 spiro atoms. The van der Waals surface area contributed by atoms with Crippen molar-refractivity contribution in [3.63, 3.8) is 0 Å². The number of aromatic nitrogens is 6. The first kappa shape index (κ1) is 39.3. The summed E-state index contributed by atoms with van der Waals surface area (Å²) in [6.45, 7) is 4.08. The lowest BCUT2D eigenvalue weighted by atomic mass is 10.1. The van der Waals surface area contributed by atoms with Gasteiger partial charge in [0.1, 0.15) is 45.1 Å². The van der Waals surface area contributed by atoms with Gasteiger partial charge in [-0.05, 0) is 98.7 Å². The summed E-state index contributed by atoms with van der Waals surface area (Å²) in [6, 6.07) is 22.2. The third-order valence-corrected chi connectivity index (χ3v) is 11.2. The summed E-state index contributed by atoms with van der Waals surface area (Å²) in [5.41, 5.74) is 4.76. The number of anilines is 1. The maximum Gasteiger partial charge on any atom is 0.261 e. The summed E-state index contributed by atoms with van der Waals surface area (Å²) >= 11 is 12.2. The quantitative estimate of drug-likeness (QED) is 0.115. The number of piperidine rings is 1. The first-order valence-electron chi connectivity index (χ1n) is 17.9. The van der Waals surface area contributed by atoms with E-state index in [2.05, 4.69) is 39.5 Å². The molecule has 0 aliphatic carbocycles. The number of nitrogens with one attached hydrogen (secondary N) is 3. The number of nitrogens with zero attached hydrogens (tertiary/aromatic N) is 6. The van der Waals surface area contributed by atoms with E-state index in [4.69, 9.17) is 42.7 Å². The SMILES string of the molecule is COc1c(Cl)cnc2nc(-c3ccc(NS(=O)(=O)c4ccc(C#N)cc4)cc3)[nH]c12.COc1c(Cl)cnc2nc(-c3ccc(OCCN4CCCCC4)cc3)[nH]c12. The van der Waals surface area contributed by atoms with Gasteiger partial charge in [0.15, 0.2) is 22.8 Å². The number of sulfonamides is 1. The predicted molar refractivity (Wildman–Crippen MR) is 220 cm³/mol. The third-order valence-electron chi connectivity index (χ3n) is 9.22. The van der Waals surface area contributed by atoms with Crippen LogP contribution in [-0.4, -0.2) is 83.7 Å². The number of aromatic amines is 2. The fraction of sp³-hybridized carbons (Fsp3) is 0.225. The molecule has 17 heteroatoms. The maximum absolute atomic E-state index is 12.5. The monoisotopic (exact) mass is 825 g/mol. The van der Waals surface area contributed by atoms with E-state index < -0.39 is 10.0 Å². The zero-order valence-corrected chi connectivity index (χ0v) is 33.2. The number of benzene rings is 3. The molecule has 3 N–H and O–H groups in total. The van der Waals surface area contributed by atoms with E-state index in [9.17, 15) is 8.42 Å². The van der Waals surface area contributed by atoms with Gasteiger partial charge in [-0.15, -0.1) is 0 Å². The second-order valence-electron chi connectivity index (χ2n) is 12.9. The van der Waals surface area contributed by atoms with Crippen LogP contribution in [-0.2, 0) is 10.0 Å². The topological polar surface area (TPSA) is 184 Å². The average Bonchev–Trinajstić information content (AvgIpc) is 3.87. The molecule has 1 aliphatic heterocycles. The minimum atomic E-state index is -3.77. The maximum atomic E-state index is 12.5. The Morgan fingerprint density at radius 1 is 0.772 bits per heavy atom. The van der Waals surface area contributed by atoms with Crippen LogP contribution in [0.25, 0.3) is 45.1 Å². The lowest BCUT2D eigenvalue weighted by molar-refractivity contribution is 0.183. The molecule has 14 nitrogen and oxygen atoms in total. The van der Waals surface area contributed by atoms with Crippen LogP contribution in [0.3, 0.4) is 0 Å². The Labute approximate surface area is 338 Å². The van der Waals surface area contributed by atoms with Crippen LogP contribution >= 0.6 is 23.2 Å². The van der Waals surface area contributed by atoms with Gasteiger partial charge in [-0.2, -0.15) is 5.26 Å². The van der Waals surface area contributed by atoms with Crippen molar-refractivity contribution >= 4 is 61.2 Å². The van der Waals surface area contributed by atoms with E-state index in [1.165, 1.54) is 69.9 Å². The highest BCUT2D eigenvalue weighted by Crippen LogP contribution is 2.34. The van der Waals surface area contributed by atoms with E-state index in [0.717, 1.165) is 29.2 Å². The van der Waals surface area contributed by atoms with Crippen molar-refractivity contribution in [2.24, 2.45) is 0 Å². The molecule has 0 amide bonds. The van der Waals surface area contributed by atoms with Crippen molar-refractivity contribution in [1.29, 1.82) is 5.26 Å². The van der Waals surface area contributed by atoms with E-state index in [1.807, 2.05) is 30.3 Å². The molecule has 3 aromatic carbocycles. The van der Waals surface area contributed by atoms with Crippen LogP contribution in [0.2, 0.25) is 10.0 Å². The minimum absolute atomic E-state index is 0.0675. The molecular formula is C40H37Cl2N9O5S. The van der Waals surface area contributed by atoms with Crippen molar-refractivity contribution in [3.8, 4) is 46.1 Å². The Morgan fingerprint density at radius 2 is 1.30 bits per heavy atom. The van der Waals surface area contributed by atoms with E-state index in [-0.39, 0.29) is 4.90 Å². The molecule has 0 bridgehead atoms. The first-order valence-corrected chi connectivity index (χ1v) is 20.1. The second kappa shape index (κ2) is 17.5. The van der Waals surface area contributed by atoms with Crippen molar-refractivity contribution in [1.82, 2.24) is 34.8 Å². The Morgan fingerprint density at radius 3 is 1.81 bits per heavy atom. The average molecular weight is 827 g/mol. The standard InChI is InChI=1S/C20H14ClN5O3S.C20H23ClN4O2/c1-29-18-16(21)11-23-20-17(18)24-19(25-20)13-4-6-14(7-5-13)26-30(27,28)15-8-2-12(10-22)3-9-15;1-26-18-16(21)13-22-20-17(18)23-19(24-20)14-5-7-15(8-6-14)27-12-11-25-9-3-2-4-10-25/h2-9,11,26H,1H3,(H,23,24,25);5-8,13H,2-4,9-12H2,1H3,(H,22,23,24). The van der Waals surface area contributed by atoms with Gasteiger partial charge in [0.2, 0.25) is 0 Å². The molecule has 7 aromatic rings. The summed E-state index contributed by atoms with van der Waals surface area (Å²) in [6.07, 6.45) is 6.98. The van der Waals surface area contributed by atoms with Gasteiger partial charge >= 0.3 is 0 Å². The van der Waals surface area contributed by atoms with Gasteiger partial charge in [-0.1, -0.05) is 29.6 Å². The molecule has 0 saturated carbocycles. The predicted octanol–water partition coefficient (Wildman–Crippen LogP) is 8.11. The lowest BCUT2D eigenvalue weighted by Gasteiger charge is -2.26. The number of fused-ring (bicyclic) bond motifs is 2. The molecule has 1 aliphatic rings. The Bertz CT molecular complexity index is 2640. The molecule has 0 atom stereocenters. The van der Waals surface area contributed by atoms with Crippen LogP contribution in [0.5, 0.6) is 17.2 Å². The molecule has 4 aromatic heterocycles. The van der Waals surface area contributed by atoms with E-state index in [0.29, 0.717) is 67.6 Å². The number of hydrogen-bond donors (Lipinski definition) is 3. The normalized spacial score (nSPS) is 13.1. The summed E-state index contributed by atoms with van der Waals surface area (Å²) in [5, 5.41) is 9.66. The highest BCUT2D eigenvalue weighted by atomic mass is 35.5. The van der Waals surface area contributed by atoms with Crippen LogP contribution in [0.4, 0.5) is 5.69 Å². The summed E-state index contributed by atoms with van der Waals surface area (Å²) in [7, 11) is -0.684. The summed E-state index contributed by atoms with van der Waals surface area (Å²) in [5.74, 6) is 3.13. The smallest absolute Gasteiger partial charge is 0.261 e. The zero-order chi connectivity index (χ0) is 39.9. The second-order valence-corrected chi connectivity index (χ2v) is 15.4. The van der Waals surface area contributed by atoms with Gasteiger partial charge < -0.3 is 24.2 Å². The molecule has 5 heterocycles. The number of nitriles is 1. The molecule has 57 heavy (non-hydrogen) atoms.